The molecule has 104 valence electrons. The highest BCUT2D eigenvalue weighted by Crippen LogP contribution is 2.04. The number of hydrogen-bond acceptors (Lipinski definition) is 3. The molecule has 1 aromatic carbocycles. The third-order valence-corrected chi connectivity index (χ3v) is 2.89. The molecule has 0 aliphatic carbocycles. The van der Waals surface area contributed by atoms with Crippen molar-refractivity contribution in [3.8, 4) is 0 Å². The topological polar surface area (TPSA) is 89.9 Å². The summed E-state index contributed by atoms with van der Waals surface area (Å²) < 4.78 is 0. The van der Waals surface area contributed by atoms with Crippen molar-refractivity contribution in [3.63, 3.8) is 0 Å². The first-order chi connectivity index (χ1) is 8.95. The molecule has 6 nitrogen and oxygen atoms in total. The molecule has 0 radical (unpaired) electrons. The number of urea groups is 1. The summed E-state index contributed by atoms with van der Waals surface area (Å²) in [7, 11) is 1.60. The van der Waals surface area contributed by atoms with Crippen LogP contribution in [0.4, 0.5) is 4.79 Å². The van der Waals surface area contributed by atoms with E-state index in [0.717, 1.165) is 5.56 Å². The van der Waals surface area contributed by atoms with Crippen molar-refractivity contribution < 1.29 is 19.8 Å². The molecular weight excluding hydrogens is 248 g/mol. The number of aliphatic hydroxyl groups excluding tert-OH is 1. The van der Waals surface area contributed by atoms with Gasteiger partial charge in [0, 0.05) is 13.6 Å². The lowest BCUT2D eigenvalue weighted by Gasteiger charge is -2.23. The molecule has 1 atom stereocenters. The number of carboxylic acids is 1. The number of carbonyl (C=O) groups excluding carboxylic acids is 1. The summed E-state index contributed by atoms with van der Waals surface area (Å²) in [6.45, 7) is 1.94. The van der Waals surface area contributed by atoms with Crippen LogP contribution in [0.1, 0.15) is 22.8 Å². The molecule has 19 heavy (non-hydrogen) atoms. The average molecular weight is 266 g/mol. The zero-order valence-electron chi connectivity index (χ0n) is 11.0. The van der Waals surface area contributed by atoms with Gasteiger partial charge in [-0.2, -0.15) is 0 Å². The Morgan fingerprint density at radius 2 is 1.89 bits per heavy atom. The van der Waals surface area contributed by atoms with Gasteiger partial charge in [-0.1, -0.05) is 12.1 Å². The number of aliphatic hydroxyl groups is 1. The molecule has 0 aromatic heterocycles. The molecule has 0 fully saturated rings. The molecular formula is C13H18N2O4. The minimum absolute atomic E-state index is 0.1000. The lowest BCUT2D eigenvalue weighted by atomic mass is 10.1. The largest absolute Gasteiger partial charge is 0.478 e. The maximum absolute atomic E-state index is 11.7. The van der Waals surface area contributed by atoms with E-state index in [0.29, 0.717) is 6.54 Å². The lowest BCUT2D eigenvalue weighted by Crippen LogP contribution is -2.43. The molecule has 0 aliphatic rings. The molecule has 1 rings (SSSR count). The predicted molar refractivity (Wildman–Crippen MR) is 69.9 cm³/mol. The van der Waals surface area contributed by atoms with Gasteiger partial charge in [-0.15, -0.1) is 0 Å². The van der Waals surface area contributed by atoms with Gasteiger partial charge in [0.05, 0.1) is 18.2 Å². The van der Waals surface area contributed by atoms with Crippen LogP contribution < -0.4 is 5.32 Å². The Morgan fingerprint density at radius 1 is 1.32 bits per heavy atom. The fourth-order valence-electron chi connectivity index (χ4n) is 1.39. The second kappa shape index (κ2) is 6.75. The highest BCUT2D eigenvalue weighted by molar-refractivity contribution is 5.87. The van der Waals surface area contributed by atoms with Crippen LogP contribution in [0, 0.1) is 0 Å². The second-order valence-corrected chi connectivity index (χ2v) is 4.30. The van der Waals surface area contributed by atoms with Gasteiger partial charge >= 0.3 is 12.0 Å². The molecule has 0 unspecified atom stereocenters. The van der Waals surface area contributed by atoms with Crippen molar-refractivity contribution in [2.45, 2.75) is 19.5 Å². The van der Waals surface area contributed by atoms with Gasteiger partial charge in [0.1, 0.15) is 0 Å². The Bertz CT molecular complexity index is 444. The van der Waals surface area contributed by atoms with Gasteiger partial charge < -0.3 is 20.4 Å². The zero-order chi connectivity index (χ0) is 14.4. The van der Waals surface area contributed by atoms with Crippen LogP contribution in [0.3, 0.4) is 0 Å². The molecule has 2 amide bonds. The number of carbonyl (C=O) groups is 2. The molecule has 0 heterocycles. The van der Waals surface area contributed by atoms with Crippen LogP contribution in [-0.4, -0.2) is 46.8 Å². The molecule has 0 saturated carbocycles. The van der Waals surface area contributed by atoms with E-state index >= 15 is 0 Å². The van der Waals surface area contributed by atoms with Crippen molar-refractivity contribution in [2.75, 3.05) is 13.7 Å². The first kappa shape index (κ1) is 15.0. The van der Waals surface area contributed by atoms with Gasteiger partial charge in [0.15, 0.2) is 0 Å². The van der Waals surface area contributed by atoms with Gasteiger partial charge in [-0.3, -0.25) is 0 Å². The molecule has 0 saturated heterocycles. The number of aromatic carboxylic acids is 1. The van der Waals surface area contributed by atoms with Crippen molar-refractivity contribution in [1.29, 1.82) is 0 Å². The van der Waals surface area contributed by atoms with Crippen LogP contribution in [-0.2, 0) is 6.54 Å². The van der Waals surface area contributed by atoms with Crippen LogP contribution in [0.25, 0.3) is 0 Å². The number of benzene rings is 1. The summed E-state index contributed by atoms with van der Waals surface area (Å²) in [4.78, 5) is 23.8. The fraction of sp³-hybridized carbons (Fsp3) is 0.385. The Balaban J connectivity index is 2.52. The zero-order valence-corrected chi connectivity index (χ0v) is 11.0. The van der Waals surface area contributed by atoms with E-state index in [1.54, 1.807) is 26.1 Å². The van der Waals surface area contributed by atoms with Gasteiger partial charge in [0.25, 0.3) is 0 Å². The Morgan fingerprint density at radius 3 is 2.37 bits per heavy atom. The first-order valence-electron chi connectivity index (χ1n) is 5.89. The Labute approximate surface area is 111 Å². The Hall–Kier alpha value is -2.08. The quantitative estimate of drug-likeness (QED) is 0.739. The van der Waals surface area contributed by atoms with E-state index in [9.17, 15) is 9.59 Å². The summed E-state index contributed by atoms with van der Waals surface area (Å²) in [5.74, 6) is -0.980. The molecule has 0 spiro atoms. The lowest BCUT2D eigenvalue weighted by molar-refractivity contribution is 0.0697. The average Bonchev–Trinajstić information content (AvgIpc) is 2.43. The highest BCUT2D eigenvalue weighted by Gasteiger charge is 2.14. The number of hydrogen-bond donors (Lipinski definition) is 3. The van der Waals surface area contributed by atoms with Crippen molar-refractivity contribution in [1.82, 2.24) is 10.2 Å². The number of rotatable bonds is 5. The smallest absolute Gasteiger partial charge is 0.335 e. The van der Waals surface area contributed by atoms with E-state index in [1.165, 1.54) is 17.0 Å². The molecule has 6 heteroatoms. The van der Waals surface area contributed by atoms with Gasteiger partial charge in [-0.05, 0) is 24.6 Å². The molecule has 1 aromatic rings. The van der Waals surface area contributed by atoms with E-state index in [2.05, 4.69) is 5.32 Å². The summed E-state index contributed by atoms with van der Waals surface area (Å²) in [5, 5.41) is 20.4. The molecule has 3 N–H and O–H groups in total. The SMILES string of the molecule is C[C@H](CO)N(C)C(=O)NCc1ccc(C(=O)O)cc1. The predicted octanol–water partition coefficient (Wildman–Crippen LogP) is 0.907. The summed E-state index contributed by atoms with van der Waals surface area (Å²) in [6.07, 6.45) is 0. The van der Waals surface area contributed by atoms with Crippen LogP contribution in [0.15, 0.2) is 24.3 Å². The summed E-state index contributed by atoms with van der Waals surface area (Å²) in [6, 6.07) is 5.74. The molecule has 0 aliphatic heterocycles. The maximum atomic E-state index is 11.7. The standard InChI is InChI=1S/C13H18N2O4/c1-9(8-16)15(2)13(19)14-7-10-3-5-11(6-4-10)12(17)18/h3-6,9,16H,7-8H2,1-2H3,(H,14,19)(H,17,18)/t9-/m1/s1. The van der Waals surface area contributed by atoms with Crippen LogP contribution in [0.5, 0.6) is 0 Å². The highest BCUT2D eigenvalue weighted by atomic mass is 16.4. The van der Waals surface area contributed by atoms with Crippen molar-refractivity contribution in [2.24, 2.45) is 0 Å². The number of amides is 2. The van der Waals surface area contributed by atoms with E-state index in [1.807, 2.05) is 0 Å². The number of nitrogens with one attached hydrogen (secondary N) is 1. The van der Waals surface area contributed by atoms with Crippen LogP contribution in [0.2, 0.25) is 0 Å². The van der Waals surface area contributed by atoms with Gasteiger partial charge in [0.2, 0.25) is 0 Å². The van der Waals surface area contributed by atoms with Crippen molar-refractivity contribution >= 4 is 12.0 Å². The van der Waals surface area contributed by atoms with Gasteiger partial charge in [-0.25, -0.2) is 9.59 Å². The monoisotopic (exact) mass is 266 g/mol. The fourth-order valence-corrected chi connectivity index (χ4v) is 1.39. The molecule has 0 bridgehead atoms. The summed E-state index contributed by atoms with van der Waals surface area (Å²) >= 11 is 0. The Kier molecular flexibility index (Phi) is 5.32. The normalized spacial score (nSPS) is 11.7. The second-order valence-electron chi connectivity index (χ2n) is 4.30. The number of likely N-dealkylation sites (N-methyl/N-ethyl adjacent to an activating group) is 1. The first-order valence-corrected chi connectivity index (χ1v) is 5.89. The maximum Gasteiger partial charge on any atom is 0.335 e. The van der Waals surface area contributed by atoms with Crippen molar-refractivity contribution in [3.05, 3.63) is 35.4 Å². The van der Waals surface area contributed by atoms with Crippen LogP contribution >= 0.6 is 0 Å². The summed E-state index contributed by atoms with van der Waals surface area (Å²) in [5.41, 5.74) is 1.02. The van der Waals surface area contributed by atoms with E-state index in [-0.39, 0.29) is 24.2 Å². The third-order valence-electron chi connectivity index (χ3n) is 2.89. The van der Waals surface area contributed by atoms with E-state index in [4.69, 9.17) is 10.2 Å². The number of carboxylic acid groups (broad SMARTS) is 1. The minimum atomic E-state index is -0.980. The number of nitrogens with zero attached hydrogens (tertiary/aromatic N) is 1. The third kappa shape index (κ3) is 4.26. The minimum Gasteiger partial charge on any atom is -0.478 e. The van der Waals surface area contributed by atoms with E-state index < -0.39 is 5.97 Å².